The van der Waals surface area contributed by atoms with Crippen molar-refractivity contribution in [3.63, 3.8) is 0 Å². The van der Waals surface area contributed by atoms with Crippen molar-refractivity contribution in [1.82, 2.24) is 4.57 Å². The van der Waals surface area contributed by atoms with Crippen LogP contribution < -0.4 is 4.57 Å². The zero-order valence-corrected chi connectivity index (χ0v) is 18.9. The Kier molecular flexibility index (Phi) is 15.6. The molecule has 0 atom stereocenters. The minimum absolute atomic E-state index is 0.876. The Hall–Kier alpha value is -0.790. The number of aryl methyl sites for hydroxylation is 2. The molecule has 1 aromatic rings. The van der Waals surface area contributed by atoms with Gasteiger partial charge in [-0.1, -0.05) is 97.8 Å². The smallest absolute Gasteiger partial charge is 0.237 e. The van der Waals surface area contributed by atoms with Crippen molar-refractivity contribution >= 4 is 0 Å². The molecule has 27 heavy (non-hydrogen) atoms. The van der Waals surface area contributed by atoms with Crippen molar-refractivity contribution in [2.75, 3.05) is 0 Å². The van der Waals surface area contributed by atoms with E-state index in [0.717, 1.165) is 5.92 Å². The van der Waals surface area contributed by atoms with Crippen LogP contribution in [0.4, 0.5) is 0 Å². The average molecular weight is 378 g/mol. The largest absolute Gasteiger partial charge is 0.243 e. The van der Waals surface area contributed by atoms with Crippen molar-refractivity contribution in [2.45, 2.75) is 137 Å². The molecule has 0 N–H and O–H groups in total. The van der Waals surface area contributed by atoms with E-state index in [0.29, 0.717) is 0 Å². The molecule has 0 saturated carbocycles. The minimum Gasteiger partial charge on any atom is -0.237 e. The highest BCUT2D eigenvalue weighted by Crippen LogP contribution is 2.12. The van der Waals surface area contributed by atoms with E-state index in [-0.39, 0.29) is 0 Å². The number of unbranched alkanes of at least 4 members (excludes halogenated alkanes) is 13. The topological polar surface area (TPSA) is 8.81 Å². The van der Waals surface area contributed by atoms with Crippen molar-refractivity contribution < 1.29 is 4.57 Å². The van der Waals surface area contributed by atoms with Crippen molar-refractivity contribution in [3.05, 3.63) is 18.7 Å². The maximum Gasteiger partial charge on any atom is 0.243 e. The Bertz CT molecular complexity index is 422. The van der Waals surface area contributed by atoms with Gasteiger partial charge in [-0.2, -0.15) is 0 Å². The number of hydrogen-bond acceptors (Lipinski definition) is 0. The lowest BCUT2D eigenvalue weighted by atomic mass is 10.0. The minimum atomic E-state index is 0.876. The van der Waals surface area contributed by atoms with Crippen LogP contribution in [0.15, 0.2) is 18.7 Å². The maximum atomic E-state index is 2.38. The van der Waals surface area contributed by atoms with E-state index in [1.807, 2.05) is 0 Å². The first-order valence-corrected chi connectivity index (χ1v) is 12.3. The fourth-order valence-corrected chi connectivity index (χ4v) is 3.86. The summed E-state index contributed by atoms with van der Waals surface area (Å²) in [5.41, 5.74) is 0. The van der Waals surface area contributed by atoms with Gasteiger partial charge in [-0.05, 0) is 31.6 Å². The normalized spacial score (nSPS) is 11.6. The van der Waals surface area contributed by atoms with E-state index in [9.17, 15) is 0 Å². The summed E-state index contributed by atoms with van der Waals surface area (Å²) in [6.45, 7) is 9.34. The molecule has 0 saturated heterocycles. The summed E-state index contributed by atoms with van der Waals surface area (Å²) in [7, 11) is 0. The molecule has 1 heterocycles. The van der Waals surface area contributed by atoms with Gasteiger partial charge in [0.1, 0.15) is 12.4 Å². The van der Waals surface area contributed by atoms with Crippen LogP contribution in [-0.2, 0) is 13.1 Å². The maximum absolute atomic E-state index is 2.38. The summed E-state index contributed by atoms with van der Waals surface area (Å²) in [5, 5.41) is 0. The highest BCUT2D eigenvalue weighted by atomic mass is 15.1. The lowest BCUT2D eigenvalue weighted by molar-refractivity contribution is -0.696. The highest BCUT2D eigenvalue weighted by Gasteiger charge is 2.03. The van der Waals surface area contributed by atoms with Crippen molar-refractivity contribution in [2.24, 2.45) is 5.92 Å². The summed E-state index contributed by atoms with van der Waals surface area (Å²) in [4.78, 5) is 0. The third-order valence-corrected chi connectivity index (χ3v) is 5.71. The molecule has 0 radical (unpaired) electrons. The zero-order chi connectivity index (χ0) is 19.6. The monoisotopic (exact) mass is 377 g/mol. The van der Waals surface area contributed by atoms with Gasteiger partial charge in [0.25, 0.3) is 0 Å². The SMILES string of the molecule is CCCCCCCCCCC[n+]1ccn(CCCCCCCCC(C)C)c1. The molecule has 0 amide bonds. The molecule has 2 nitrogen and oxygen atoms in total. The third-order valence-electron chi connectivity index (χ3n) is 5.71. The Morgan fingerprint density at radius 2 is 1.26 bits per heavy atom. The molecule has 0 fully saturated rings. The zero-order valence-electron chi connectivity index (χ0n) is 18.9. The summed E-state index contributed by atoms with van der Waals surface area (Å²) >= 11 is 0. The molecular weight excluding hydrogens is 328 g/mol. The molecule has 0 unspecified atom stereocenters. The lowest BCUT2D eigenvalue weighted by Gasteiger charge is -2.04. The van der Waals surface area contributed by atoms with E-state index >= 15 is 0 Å². The standard InChI is InChI=1S/C25H49N2/c1-4-5-6-7-8-9-11-14-17-20-26-22-23-27(24-26)21-18-15-12-10-13-16-19-25(2)3/h22-25H,4-21H2,1-3H3/q+1. The molecule has 1 aromatic heterocycles. The molecule has 0 aromatic carbocycles. The van der Waals surface area contributed by atoms with Crippen LogP contribution >= 0.6 is 0 Å². The summed E-state index contributed by atoms with van der Waals surface area (Å²) in [6, 6.07) is 0. The third kappa shape index (κ3) is 14.9. The predicted molar refractivity (Wildman–Crippen MR) is 119 cm³/mol. The van der Waals surface area contributed by atoms with Gasteiger partial charge in [-0.3, -0.25) is 0 Å². The highest BCUT2D eigenvalue weighted by molar-refractivity contribution is 4.66. The molecular formula is C25H49N2+. The van der Waals surface area contributed by atoms with Gasteiger partial charge in [-0.25, -0.2) is 9.13 Å². The van der Waals surface area contributed by atoms with E-state index < -0.39 is 0 Å². The summed E-state index contributed by atoms with van der Waals surface area (Å²) in [5.74, 6) is 0.876. The molecule has 0 aliphatic heterocycles. The van der Waals surface area contributed by atoms with Crippen LogP contribution in [0.5, 0.6) is 0 Å². The second kappa shape index (κ2) is 17.3. The van der Waals surface area contributed by atoms with Crippen LogP contribution in [0.2, 0.25) is 0 Å². The number of rotatable bonds is 19. The van der Waals surface area contributed by atoms with Crippen LogP contribution in [0.25, 0.3) is 0 Å². The average Bonchev–Trinajstić information content (AvgIpc) is 3.10. The van der Waals surface area contributed by atoms with E-state index in [1.165, 1.54) is 116 Å². The van der Waals surface area contributed by atoms with Gasteiger partial charge >= 0.3 is 0 Å². The van der Waals surface area contributed by atoms with Crippen molar-refractivity contribution in [1.29, 1.82) is 0 Å². The molecule has 0 aliphatic carbocycles. The summed E-state index contributed by atoms with van der Waals surface area (Å²) < 4.78 is 4.76. The molecule has 1 rings (SSSR count). The van der Waals surface area contributed by atoms with Crippen LogP contribution in [0.1, 0.15) is 124 Å². The second-order valence-electron chi connectivity index (χ2n) is 9.02. The van der Waals surface area contributed by atoms with E-state index in [1.54, 1.807) is 0 Å². The Morgan fingerprint density at radius 1 is 0.704 bits per heavy atom. The first-order valence-electron chi connectivity index (χ1n) is 12.3. The fraction of sp³-hybridized carbons (Fsp3) is 0.880. The molecule has 158 valence electrons. The summed E-state index contributed by atoms with van der Waals surface area (Å²) in [6.07, 6.45) is 29.4. The fourth-order valence-electron chi connectivity index (χ4n) is 3.86. The number of nitrogens with zero attached hydrogens (tertiary/aromatic N) is 2. The van der Waals surface area contributed by atoms with Gasteiger partial charge in [0, 0.05) is 0 Å². The molecule has 0 spiro atoms. The van der Waals surface area contributed by atoms with Crippen molar-refractivity contribution in [3.8, 4) is 0 Å². The molecule has 0 aliphatic rings. The van der Waals surface area contributed by atoms with E-state index in [2.05, 4.69) is 48.6 Å². The van der Waals surface area contributed by atoms with Gasteiger partial charge < -0.3 is 0 Å². The molecule has 2 heteroatoms. The Labute approximate surface area is 170 Å². The Balaban J connectivity index is 1.92. The molecule has 0 bridgehead atoms. The van der Waals surface area contributed by atoms with Crippen LogP contribution in [0.3, 0.4) is 0 Å². The second-order valence-corrected chi connectivity index (χ2v) is 9.02. The quantitative estimate of drug-likeness (QED) is 0.172. The van der Waals surface area contributed by atoms with Crippen LogP contribution in [-0.4, -0.2) is 4.57 Å². The van der Waals surface area contributed by atoms with Gasteiger partial charge in [-0.15, -0.1) is 0 Å². The first kappa shape index (κ1) is 24.2. The number of aromatic nitrogens is 2. The van der Waals surface area contributed by atoms with Gasteiger partial charge in [0.2, 0.25) is 6.33 Å². The lowest BCUT2D eigenvalue weighted by Crippen LogP contribution is -2.30. The number of hydrogen-bond donors (Lipinski definition) is 0. The first-order chi connectivity index (χ1) is 13.2. The van der Waals surface area contributed by atoms with Gasteiger partial charge in [0.05, 0.1) is 13.1 Å². The Morgan fingerprint density at radius 3 is 1.89 bits per heavy atom. The van der Waals surface area contributed by atoms with Gasteiger partial charge in [0.15, 0.2) is 0 Å². The van der Waals surface area contributed by atoms with Crippen LogP contribution in [0, 0.1) is 5.92 Å². The number of imidazole rings is 1. The van der Waals surface area contributed by atoms with E-state index in [4.69, 9.17) is 0 Å². The predicted octanol–water partition coefficient (Wildman–Crippen LogP) is 7.69.